The van der Waals surface area contributed by atoms with E-state index in [2.05, 4.69) is 20.8 Å². The van der Waals surface area contributed by atoms with Crippen LogP contribution in [0.4, 0.5) is 5.69 Å². The fourth-order valence-electron chi connectivity index (χ4n) is 2.60. The topological polar surface area (TPSA) is 135 Å². The molecule has 3 N–H and O–H groups in total. The Morgan fingerprint density at radius 1 is 1.52 bits per heavy atom. The van der Waals surface area contributed by atoms with Crippen molar-refractivity contribution in [2.24, 2.45) is 13.0 Å². The van der Waals surface area contributed by atoms with Crippen LogP contribution in [0, 0.1) is 16.0 Å². The van der Waals surface area contributed by atoms with E-state index in [4.69, 9.17) is 0 Å². The van der Waals surface area contributed by atoms with Crippen LogP contribution in [-0.4, -0.2) is 56.4 Å². The van der Waals surface area contributed by atoms with Crippen molar-refractivity contribution < 1.29 is 14.8 Å². The van der Waals surface area contributed by atoms with Gasteiger partial charge in [-0.2, -0.15) is 0 Å². The number of nitrogens with one attached hydrogen (secondary N) is 2. The Morgan fingerprint density at radius 3 is 2.89 bits per heavy atom. The van der Waals surface area contributed by atoms with Gasteiger partial charge in [-0.25, -0.2) is 0 Å². The van der Waals surface area contributed by atoms with Crippen LogP contribution in [0.3, 0.4) is 0 Å². The Bertz CT molecular complexity index is 832. The highest BCUT2D eigenvalue weighted by Crippen LogP contribution is 2.34. The fraction of sp³-hybridized carbons (Fsp3) is 0.400. The molecule has 0 spiro atoms. The summed E-state index contributed by atoms with van der Waals surface area (Å²) in [6.07, 6.45) is 0.997. The number of halogens is 1. The molecule has 0 aliphatic carbocycles. The minimum absolute atomic E-state index is 0. The van der Waals surface area contributed by atoms with Crippen LogP contribution >= 0.6 is 24.2 Å². The van der Waals surface area contributed by atoms with Crippen molar-refractivity contribution in [1.82, 2.24) is 25.4 Å². The van der Waals surface area contributed by atoms with E-state index >= 15 is 0 Å². The third-order valence-electron chi connectivity index (χ3n) is 4.12. The Kier molecular flexibility index (Phi) is 7.13. The zero-order chi connectivity index (χ0) is 18.7. The Hall–Kier alpha value is -2.21. The quantitative estimate of drug-likeness (QED) is 0.462. The molecule has 1 aromatic carbocycles. The van der Waals surface area contributed by atoms with E-state index in [1.54, 1.807) is 11.6 Å². The predicted octanol–water partition coefficient (Wildman–Crippen LogP) is 0.606. The van der Waals surface area contributed by atoms with Gasteiger partial charge < -0.3 is 20.3 Å². The molecule has 2 aromatic rings. The number of rotatable bonds is 6. The second-order valence-corrected chi connectivity index (χ2v) is 6.97. The van der Waals surface area contributed by atoms with E-state index in [-0.39, 0.29) is 29.6 Å². The highest BCUT2D eigenvalue weighted by Gasteiger charge is 2.26. The predicted molar refractivity (Wildman–Crippen MR) is 100 cm³/mol. The lowest BCUT2D eigenvalue weighted by Crippen LogP contribution is -2.34. The van der Waals surface area contributed by atoms with Crippen LogP contribution in [0.15, 0.2) is 34.6 Å². The van der Waals surface area contributed by atoms with Crippen LogP contribution < -0.4 is 10.6 Å². The number of nitro groups is 1. The summed E-state index contributed by atoms with van der Waals surface area (Å²) >= 11 is 1.10. The zero-order valence-electron chi connectivity index (χ0n) is 14.4. The summed E-state index contributed by atoms with van der Waals surface area (Å²) in [6.45, 7) is 1.42. The molecule has 1 saturated heterocycles. The molecule has 2 heterocycles. The van der Waals surface area contributed by atoms with E-state index in [1.165, 1.54) is 24.5 Å². The molecule has 0 bridgehead atoms. The molecule has 0 radical (unpaired) electrons. The molecule has 1 aliphatic rings. The first kappa shape index (κ1) is 21.1. The monoisotopic (exact) mass is 414 g/mol. The Balaban J connectivity index is 0.00000261. The smallest absolute Gasteiger partial charge is 0.284 e. The van der Waals surface area contributed by atoms with E-state index in [9.17, 15) is 20.0 Å². The lowest BCUT2D eigenvalue weighted by molar-refractivity contribution is -0.387. The molecular weight excluding hydrogens is 396 g/mol. The number of carbonyl (C=O) groups is 1. The molecule has 0 saturated carbocycles. The van der Waals surface area contributed by atoms with Crippen molar-refractivity contribution in [2.45, 2.75) is 16.2 Å². The molecule has 1 amide bonds. The van der Waals surface area contributed by atoms with Crippen molar-refractivity contribution >= 4 is 35.8 Å². The second-order valence-electron chi connectivity index (χ2n) is 5.96. The molecule has 1 fully saturated rings. The summed E-state index contributed by atoms with van der Waals surface area (Å²) in [5, 5.41) is 35.0. The van der Waals surface area contributed by atoms with Crippen LogP contribution in [-0.2, 0) is 7.05 Å². The Labute approximate surface area is 165 Å². The molecule has 2 atom stereocenters. The molecule has 12 heteroatoms. The number of aliphatic hydroxyl groups is 1. The maximum absolute atomic E-state index is 12.3. The number of β-amino-alcohol motifs (C(OH)–C–C–N with tert-alkyl or cyclic N) is 1. The summed E-state index contributed by atoms with van der Waals surface area (Å²) < 4.78 is 1.65. The van der Waals surface area contributed by atoms with Gasteiger partial charge in [-0.3, -0.25) is 14.9 Å². The third kappa shape index (κ3) is 4.95. The average Bonchev–Trinajstić information content (AvgIpc) is 3.21. The van der Waals surface area contributed by atoms with Crippen molar-refractivity contribution in [3.8, 4) is 0 Å². The van der Waals surface area contributed by atoms with Gasteiger partial charge in [0, 0.05) is 44.2 Å². The van der Waals surface area contributed by atoms with Crippen molar-refractivity contribution in [3.05, 3.63) is 40.2 Å². The number of carbonyl (C=O) groups excluding carboxylic acids is 1. The average molecular weight is 415 g/mol. The third-order valence-corrected chi connectivity index (χ3v) is 5.24. The minimum Gasteiger partial charge on any atom is -0.391 e. The molecule has 1 aliphatic heterocycles. The highest BCUT2D eigenvalue weighted by molar-refractivity contribution is 7.99. The number of aromatic nitrogens is 3. The summed E-state index contributed by atoms with van der Waals surface area (Å²) in [7, 11) is 1.74. The van der Waals surface area contributed by atoms with Gasteiger partial charge in [0.05, 0.1) is 15.9 Å². The van der Waals surface area contributed by atoms with Crippen LogP contribution in [0.2, 0.25) is 0 Å². The van der Waals surface area contributed by atoms with Gasteiger partial charge in [0.25, 0.3) is 11.6 Å². The van der Waals surface area contributed by atoms with Crippen molar-refractivity contribution in [3.63, 3.8) is 0 Å². The number of nitro benzene ring substituents is 1. The van der Waals surface area contributed by atoms with Gasteiger partial charge in [0.2, 0.25) is 0 Å². The van der Waals surface area contributed by atoms with E-state index in [0.29, 0.717) is 29.7 Å². The lowest BCUT2D eigenvalue weighted by atomic mass is 10.1. The van der Waals surface area contributed by atoms with E-state index in [0.717, 1.165) is 11.8 Å². The van der Waals surface area contributed by atoms with Gasteiger partial charge in [-0.1, -0.05) is 0 Å². The van der Waals surface area contributed by atoms with Crippen molar-refractivity contribution in [1.29, 1.82) is 0 Å². The van der Waals surface area contributed by atoms with Gasteiger partial charge >= 0.3 is 0 Å². The number of amides is 1. The summed E-state index contributed by atoms with van der Waals surface area (Å²) in [5.74, 6) is -0.484. The molecule has 1 aromatic heterocycles. The van der Waals surface area contributed by atoms with E-state index < -0.39 is 16.9 Å². The van der Waals surface area contributed by atoms with E-state index in [1.807, 2.05) is 0 Å². The number of hydrogen-bond donors (Lipinski definition) is 3. The SMILES string of the molecule is Cl.Cn1cnnc1Sc1ccc(C(=O)NCC2CNCC2O)cc1[N+](=O)[O-]. The van der Waals surface area contributed by atoms with Crippen molar-refractivity contribution in [2.75, 3.05) is 19.6 Å². The summed E-state index contributed by atoms with van der Waals surface area (Å²) in [5.41, 5.74) is 0.0210. The largest absolute Gasteiger partial charge is 0.391 e. The molecule has 3 rings (SSSR count). The summed E-state index contributed by atoms with van der Waals surface area (Å²) in [4.78, 5) is 23.5. The molecule has 2 unspecified atom stereocenters. The number of benzene rings is 1. The van der Waals surface area contributed by atoms with Crippen LogP contribution in [0.25, 0.3) is 0 Å². The molecular formula is C15H19ClN6O4S. The zero-order valence-corrected chi connectivity index (χ0v) is 16.0. The molecule has 27 heavy (non-hydrogen) atoms. The highest BCUT2D eigenvalue weighted by atomic mass is 35.5. The standard InChI is InChI=1S/C15H18N6O4S.ClH/c1-20-8-18-19-15(20)26-13-3-2-9(4-11(13)21(24)25)14(23)17-6-10-5-16-7-12(10)22;/h2-4,8,10,12,16,22H,5-7H2,1H3,(H,17,23);1H. The number of aliphatic hydroxyl groups excluding tert-OH is 1. The van der Waals surface area contributed by atoms with Crippen LogP contribution in [0.1, 0.15) is 10.4 Å². The second kappa shape index (κ2) is 9.13. The minimum atomic E-state index is -0.528. The summed E-state index contributed by atoms with van der Waals surface area (Å²) in [6, 6.07) is 4.31. The molecule has 146 valence electrons. The van der Waals surface area contributed by atoms with Gasteiger partial charge in [-0.15, -0.1) is 22.6 Å². The number of aryl methyl sites for hydroxylation is 1. The van der Waals surface area contributed by atoms with Crippen LogP contribution in [0.5, 0.6) is 0 Å². The van der Waals surface area contributed by atoms with Gasteiger partial charge in [0.15, 0.2) is 5.16 Å². The first-order chi connectivity index (χ1) is 12.5. The maximum atomic E-state index is 12.3. The maximum Gasteiger partial charge on any atom is 0.284 e. The van der Waals surface area contributed by atoms with Gasteiger partial charge in [0.1, 0.15) is 6.33 Å². The Morgan fingerprint density at radius 2 is 2.30 bits per heavy atom. The number of hydrogen-bond acceptors (Lipinski definition) is 8. The number of nitrogens with zero attached hydrogens (tertiary/aromatic N) is 4. The normalized spacial score (nSPS) is 18.7. The molecule has 10 nitrogen and oxygen atoms in total. The lowest BCUT2D eigenvalue weighted by Gasteiger charge is -2.14. The van der Waals surface area contributed by atoms with Gasteiger partial charge in [-0.05, 0) is 23.9 Å². The first-order valence-corrected chi connectivity index (χ1v) is 8.74. The fourth-order valence-corrected chi connectivity index (χ4v) is 3.45. The first-order valence-electron chi connectivity index (χ1n) is 7.93.